The van der Waals surface area contributed by atoms with E-state index in [2.05, 4.69) is 19.8 Å². The van der Waals surface area contributed by atoms with Crippen molar-refractivity contribution in [2.24, 2.45) is 0 Å². The summed E-state index contributed by atoms with van der Waals surface area (Å²) in [4.78, 5) is 18.6. The van der Waals surface area contributed by atoms with Crippen LogP contribution in [0.2, 0.25) is 0 Å². The number of aromatic nitrogens is 3. The van der Waals surface area contributed by atoms with E-state index >= 15 is 0 Å². The van der Waals surface area contributed by atoms with Gasteiger partial charge in [0.15, 0.2) is 5.82 Å². The third-order valence-corrected chi connectivity index (χ3v) is 5.48. The van der Waals surface area contributed by atoms with Gasteiger partial charge < -0.3 is 4.90 Å². The van der Waals surface area contributed by atoms with Gasteiger partial charge in [-0.2, -0.15) is 0 Å². The fourth-order valence-corrected chi connectivity index (χ4v) is 4.07. The predicted octanol–water partition coefficient (Wildman–Crippen LogP) is 2.99. The fraction of sp³-hybridized carbons (Fsp3) is 0.550. The summed E-state index contributed by atoms with van der Waals surface area (Å²) >= 11 is 0. The Bertz CT molecular complexity index is 661. The molecule has 0 bridgehead atoms. The highest BCUT2D eigenvalue weighted by Crippen LogP contribution is 2.22. The van der Waals surface area contributed by atoms with Gasteiger partial charge in [-0.05, 0) is 57.0 Å². The third kappa shape index (κ3) is 4.22. The molecule has 0 unspecified atom stereocenters. The van der Waals surface area contributed by atoms with Gasteiger partial charge in [0.05, 0.1) is 5.69 Å². The summed E-state index contributed by atoms with van der Waals surface area (Å²) < 4.78 is 0. The van der Waals surface area contributed by atoms with Crippen molar-refractivity contribution in [3.05, 3.63) is 42.5 Å². The van der Waals surface area contributed by atoms with Crippen LogP contribution in [-0.4, -0.2) is 57.0 Å². The van der Waals surface area contributed by atoms with E-state index in [4.69, 9.17) is 4.98 Å². The Morgan fingerprint density at radius 3 is 2.56 bits per heavy atom. The second-order valence-corrected chi connectivity index (χ2v) is 7.22. The van der Waals surface area contributed by atoms with Gasteiger partial charge in [-0.1, -0.05) is 6.42 Å². The summed E-state index contributed by atoms with van der Waals surface area (Å²) in [6.45, 7) is 5.89. The van der Waals surface area contributed by atoms with Crippen LogP contribution in [0.25, 0.3) is 11.4 Å². The van der Waals surface area contributed by atoms with Gasteiger partial charge in [-0.15, -0.1) is 0 Å². The third-order valence-electron chi connectivity index (χ3n) is 5.48. The van der Waals surface area contributed by atoms with Crippen molar-refractivity contribution in [3.63, 3.8) is 0 Å². The predicted molar refractivity (Wildman–Crippen MR) is 99.0 cm³/mol. The molecule has 0 atom stereocenters. The van der Waals surface area contributed by atoms with Crippen LogP contribution in [-0.2, 0) is 6.54 Å². The van der Waals surface area contributed by atoms with Gasteiger partial charge in [-0.3, -0.25) is 9.88 Å². The molecule has 0 saturated carbocycles. The van der Waals surface area contributed by atoms with E-state index in [1.165, 1.54) is 58.3 Å². The Balaban J connectivity index is 1.34. The van der Waals surface area contributed by atoms with Gasteiger partial charge >= 0.3 is 0 Å². The maximum absolute atomic E-state index is 4.74. The van der Waals surface area contributed by atoms with Crippen molar-refractivity contribution >= 4 is 0 Å². The van der Waals surface area contributed by atoms with Crippen LogP contribution in [0.3, 0.4) is 0 Å². The fourth-order valence-electron chi connectivity index (χ4n) is 4.07. The van der Waals surface area contributed by atoms with Crippen LogP contribution in [0, 0.1) is 0 Å². The first-order valence-electron chi connectivity index (χ1n) is 9.57. The molecule has 2 aliphatic rings. The molecule has 0 aromatic carbocycles. The molecule has 0 N–H and O–H groups in total. The maximum atomic E-state index is 4.74. The van der Waals surface area contributed by atoms with Crippen molar-refractivity contribution in [1.82, 2.24) is 24.8 Å². The van der Waals surface area contributed by atoms with Crippen LogP contribution in [0.1, 0.15) is 37.8 Å². The number of likely N-dealkylation sites (tertiary alicyclic amines) is 2. The lowest BCUT2D eigenvalue weighted by molar-refractivity contribution is 0.0891. The first-order chi connectivity index (χ1) is 12.4. The Hall–Kier alpha value is -1.85. The maximum Gasteiger partial charge on any atom is 0.160 e. The van der Waals surface area contributed by atoms with E-state index in [0.717, 1.165) is 29.7 Å². The number of hydrogen-bond donors (Lipinski definition) is 0. The molecule has 4 rings (SSSR count). The topological polar surface area (TPSA) is 45.2 Å². The van der Waals surface area contributed by atoms with Crippen molar-refractivity contribution < 1.29 is 0 Å². The minimum atomic E-state index is 0.772. The zero-order valence-corrected chi connectivity index (χ0v) is 14.8. The average Bonchev–Trinajstić information content (AvgIpc) is 2.70. The van der Waals surface area contributed by atoms with Crippen LogP contribution >= 0.6 is 0 Å². The Morgan fingerprint density at radius 2 is 1.80 bits per heavy atom. The van der Waals surface area contributed by atoms with Crippen molar-refractivity contribution in [2.45, 2.75) is 44.7 Å². The summed E-state index contributed by atoms with van der Waals surface area (Å²) in [5, 5.41) is 0. The molecule has 0 spiro atoms. The molecule has 5 heteroatoms. The second-order valence-electron chi connectivity index (χ2n) is 7.22. The quantitative estimate of drug-likeness (QED) is 0.858. The molecular formula is C20H27N5. The highest BCUT2D eigenvalue weighted by molar-refractivity contribution is 5.52. The lowest BCUT2D eigenvalue weighted by Gasteiger charge is -2.40. The van der Waals surface area contributed by atoms with Crippen molar-refractivity contribution in [3.8, 4) is 11.4 Å². The molecule has 2 aromatic rings. The highest BCUT2D eigenvalue weighted by atomic mass is 15.2. The first-order valence-corrected chi connectivity index (χ1v) is 9.57. The molecule has 132 valence electrons. The van der Waals surface area contributed by atoms with Gasteiger partial charge in [-0.25, -0.2) is 9.97 Å². The Kier molecular flexibility index (Phi) is 5.33. The van der Waals surface area contributed by atoms with E-state index in [1.807, 2.05) is 30.6 Å². The molecule has 2 saturated heterocycles. The standard InChI is InChI=1S/C20H27N5/c1-2-11-25(12-3-1)19-7-13-24(14-8-19)16-18-6-10-22-20(23-18)17-5-4-9-21-15-17/h4-6,9-10,15,19H,1-3,7-8,11-14,16H2. The molecular weight excluding hydrogens is 310 g/mol. The molecule has 25 heavy (non-hydrogen) atoms. The highest BCUT2D eigenvalue weighted by Gasteiger charge is 2.25. The molecule has 4 heterocycles. The van der Waals surface area contributed by atoms with Crippen LogP contribution < -0.4 is 0 Å². The largest absolute Gasteiger partial charge is 0.300 e. The monoisotopic (exact) mass is 337 g/mol. The summed E-state index contributed by atoms with van der Waals surface area (Å²) in [5.41, 5.74) is 2.08. The number of rotatable bonds is 4. The first kappa shape index (κ1) is 16.6. The molecule has 0 aliphatic carbocycles. The SMILES string of the molecule is c1cncc(-c2nccc(CN3CCC(N4CCCCC4)CC3)n2)c1. The molecule has 2 aromatic heterocycles. The van der Waals surface area contributed by atoms with Gasteiger partial charge in [0.2, 0.25) is 0 Å². The van der Waals surface area contributed by atoms with Crippen LogP contribution in [0.4, 0.5) is 0 Å². The number of nitrogens with zero attached hydrogens (tertiary/aromatic N) is 5. The van der Waals surface area contributed by atoms with Crippen LogP contribution in [0.5, 0.6) is 0 Å². The van der Waals surface area contributed by atoms with Crippen molar-refractivity contribution in [1.29, 1.82) is 0 Å². The van der Waals surface area contributed by atoms with Crippen molar-refractivity contribution in [2.75, 3.05) is 26.2 Å². The summed E-state index contributed by atoms with van der Waals surface area (Å²) in [5.74, 6) is 0.772. The lowest BCUT2D eigenvalue weighted by Crippen LogP contribution is -2.46. The van der Waals surface area contributed by atoms with Gasteiger partial charge in [0.25, 0.3) is 0 Å². The van der Waals surface area contributed by atoms with E-state index in [9.17, 15) is 0 Å². The zero-order chi connectivity index (χ0) is 16.9. The van der Waals surface area contributed by atoms with Gasteiger partial charge in [0.1, 0.15) is 0 Å². The summed E-state index contributed by atoms with van der Waals surface area (Å²) in [6.07, 6.45) is 12.2. The van der Waals surface area contributed by atoms with E-state index in [-0.39, 0.29) is 0 Å². The zero-order valence-electron chi connectivity index (χ0n) is 14.8. The second kappa shape index (κ2) is 8.02. The van der Waals surface area contributed by atoms with E-state index < -0.39 is 0 Å². The summed E-state index contributed by atoms with van der Waals surface area (Å²) in [7, 11) is 0. The molecule has 2 fully saturated rings. The molecule has 5 nitrogen and oxygen atoms in total. The van der Waals surface area contributed by atoms with E-state index in [0.29, 0.717) is 0 Å². The summed E-state index contributed by atoms with van der Waals surface area (Å²) in [6, 6.07) is 6.77. The number of piperidine rings is 2. The molecule has 0 amide bonds. The number of pyridine rings is 1. The minimum absolute atomic E-state index is 0.772. The smallest absolute Gasteiger partial charge is 0.160 e. The van der Waals surface area contributed by atoms with Crippen LogP contribution in [0.15, 0.2) is 36.8 Å². The minimum Gasteiger partial charge on any atom is -0.300 e. The lowest BCUT2D eigenvalue weighted by atomic mass is 10.00. The Morgan fingerprint density at radius 1 is 0.960 bits per heavy atom. The van der Waals surface area contributed by atoms with Gasteiger partial charge in [0, 0.05) is 49.8 Å². The Labute approximate surface area is 150 Å². The van der Waals surface area contributed by atoms with E-state index in [1.54, 1.807) is 6.20 Å². The molecule has 0 radical (unpaired) electrons. The number of hydrogen-bond acceptors (Lipinski definition) is 5. The molecule has 2 aliphatic heterocycles. The average molecular weight is 337 g/mol. The normalized spacial score (nSPS) is 20.6.